The Morgan fingerprint density at radius 1 is 1.12 bits per heavy atom. The molecule has 0 bridgehead atoms. The maximum atomic E-state index is 12.8. The van der Waals surface area contributed by atoms with Crippen LogP contribution in [0.5, 0.6) is 0 Å². The molecular weight excluding hydrogens is 207 g/mol. The van der Waals surface area contributed by atoms with Crippen LogP contribution in [0.1, 0.15) is 20.8 Å². The summed E-state index contributed by atoms with van der Waals surface area (Å²) in [6.07, 6.45) is -0.379. The van der Waals surface area contributed by atoms with Crippen LogP contribution in [0.15, 0.2) is 0 Å². The molecule has 0 amide bonds. The zero-order chi connectivity index (χ0) is 11.7. The molecule has 0 spiro atoms. The Labute approximate surface area is 97.5 Å². The van der Waals surface area contributed by atoms with Crippen molar-refractivity contribution in [3.05, 3.63) is 0 Å². The Morgan fingerprint density at radius 2 is 1.81 bits per heavy atom. The molecule has 2 rings (SSSR count). The molecule has 0 saturated carbocycles. The summed E-state index contributed by atoms with van der Waals surface area (Å²) in [5.74, 6) is 0. The van der Waals surface area contributed by atoms with Crippen molar-refractivity contribution in [1.82, 2.24) is 9.80 Å². The smallest absolute Gasteiger partial charge is 0.125 e. The summed E-state index contributed by atoms with van der Waals surface area (Å²) in [4.78, 5) is 4.62. The minimum Gasteiger partial charge on any atom is -0.374 e. The fourth-order valence-electron chi connectivity index (χ4n) is 2.48. The second-order valence-corrected chi connectivity index (χ2v) is 5.29. The van der Waals surface area contributed by atoms with Gasteiger partial charge in [0.15, 0.2) is 0 Å². The largest absolute Gasteiger partial charge is 0.374 e. The van der Waals surface area contributed by atoms with Gasteiger partial charge in [0.2, 0.25) is 0 Å². The molecule has 16 heavy (non-hydrogen) atoms. The van der Waals surface area contributed by atoms with Crippen LogP contribution >= 0.6 is 0 Å². The lowest BCUT2D eigenvalue weighted by molar-refractivity contribution is -0.0964. The van der Waals surface area contributed by atoms with E-state index in [-0.39, 0.29) is 6.10 Å². The topological polar surface area (TPSA) is 15.7 Å². The molecule has 2 aliphatic heterocycles. The van der Waals surface area contributed by atoms with Crippen molar-refractivity contribution in [2.45, 2.75) is 45.1 Å². The van der Waals surface area contributed by atoms with Crippen molar-refractivity contribution in [2.75, 3.05) is 32.8 Å². The molecule has 2 aliphatic rings. The molecular formula is C12H23FN2O. The summed E-state index contributed by atoms with van der Waals surface area (Å²) in [6.45, 7) is 10.6. The number of alkyl halides is 1. The molecule has 0 N–H and O–H groups in total. The zero-order valence-corrected chi connectivity index (χ0v) is 10.5. The van der Waals surface area contributed by atoms with Gasteiger partial charge in [0.05, 0.1) is 12.7 Å². The highest BCUT2D eigenvalue weighted by Gasteiger charge is 2.36. The van der Waals surface area contributed by atoms with Crippen LogP contribution in [-0.2, 0) is 4.74 Å². The van der Waals surface area contributed by atoms with Crippen molar-refractivity contribution < 1.29 is 9.13 Å². The Balaban J connectivity index is 1.84. The van der Waals surface area contributed by atoms with Crippen LogP contribution in [-0.4, -0.2) is 66.9 Å². The van der Waals surface area contributed by atoms with Crippen LogP contribution < -0.4 is 0 Å². The van der Waals surface area contributed by atoms with Crippen LogP contribution in [0.3, 0.4) is 0 Å². The first kappa shape index (κ1) is 12.3. The average Bonchev–Trinajstić information content (AvgIpc) is 2.24. The van der Waals surface area contributed by atoms with Gasteiger partial charge in [-0.2, -0.15) is 0 Å². The maximum Gasteiger partial charge on any atom is 0.125 e. The Morgan fingerprint density at radius 3 is 2.38 bits per heavy atom. The molecule has 0 aliphatic carbocycles. The quantitative estimate of drug-likeness (QED) is 0.723. The third-order valence-electron chi connectivity index (χ3n) is 3.83. The third-order valence-corrected chi connectivity index (χ3v) is 3.83. The van der Waals surface area contributed by atoms with E-state index in [1.165, 1.54) is 0 Å². The predicted octanol–water partition coefficient (Wildman–Crippen LogP) is 1.14. The lowest BCUT2D eigenvalue weighted by atomic mass is 10.0. The fourth-order valence-corrected chi connectivity index (χ4v) is 2.48. The third kappa shape index (κ3) is 2.55. The number of rotatable bonds is 3. The minimum absolute atomic E-state index is 0.239. The highest BCUT2D eigenvalue weighted by molar-refractivity contribution is 4.90. The van der Waals surface area contributed by atoms with Gasteiger partial charge in [0.1, 0.15) is 6.17 Å². The van der Waals surface area contributed by atoms with E-state index in [0.29, 0.717) is 25.2 Å². The summed E-state index contributed by atoms with van der Waals surface area (Å²) < 4.78 is 18.6. The molecule has 0 aromatic carbocycles. The van der Waals surface area contributed by atoms with Crippen LogP contribution in [0.25, 0.3) is 0 Å². The van der Waals surface area contributed by atoms with Crippen LogP contribution in [0.4, 0.5) is 4.39 Å². The van der Waals surface area contributed by atoms with E-state index in [1.54, 1.807) is 0 Å². The fraction of sp³-hybridized carbons (Fsp3) is 1.00. The van der Waals surface area contributed by atoms with Gasteiger partial charge in [-0.25, -0.2) is 4.39 Å². The van der Waals surface area contributed by atoms with E-state index >= 15 is 0 Å². The number of ether oxygens (including phenoxy) is 1. The van der Waals surface area contributed by atoms with E-state index in [9.17, 15) is 4.39 Å². The van der Waals surface area contributed by atoms with Gasteiger partial charge in [-0.3, -0.25) is 9.80 Å². The first-order chi connectivity index (χ1) is 7.58. The maximum absolute atomic E-state index is 12.8. The summed E-state index contributed by atoms with van der Waals surface area (Å²) in [5, 5.41) is 0. The first-order valence-corrected chi connectivity index (χ1v) is 6.31. The highest BCUT2D eigenvalue weighted by Crippen LogP contribution is 2.21. The van der Waals surface area contributed by atoms with E-state index in [0.717, 1.165) is 19.7 Å². The van der Waals surface area contributed by atoms with Crippen molar-refractivity contribution in [1.29, 1.82) is 0 Å². The van der Waals surface area contributed by atoms with E-state index in [4.69, 9.17) is 4.74 Å². The zero-order valence-electron chi connectivity index (χ0n) is 10.5. The van der Waals surface area contributed by atoms with Gasteiger partial charge in [-0.15, -0.1) is 0 Å². The second kappa shape index (κ2) is 4.98. The highest BCUT2D eigenvalue weighted by atomic mass is 19.1. The lowest BCUT2D eigenvalue weighted by Crippen LogP contribution is -2.60. The van der Waals surface area contributed by atoms with E-state index in [2.05, 4.69) is 30.6 Å². The monoisotopic (exact) mass is 230 g/mol. The molecule has 94 valence electrons. The molecule has 2 atom stereocenters. The summed E-state index contributed by atoms with van der Waals surface area (Å²) in [5.41, 5.74) is 0. The van der Waals surface area contributed by atoms with Crippen molar-refractivity contribution >= 4 is 0 Å². The van der Waals surface area contributed by atoms with Gasteiger partial charge in [-0.1, -0.05) is 0 Å². The number of morpholine rings is 1. The molecule has 1 unspecified atom stereocenters. The standard InChI is InChI=1S/C12H23FN2O/c1-9(2)14-4-5-16-12(8-14)10(3)15-6-11(13)7-15/h9-12H,4-8H2,1-3H3/t10?,12-/m0/s1. The number of nitrogens with zero attached hydrogens (tertiary/aromatic N) is 2. The van der Waals surface area contributed by atoms with Crippen LogP contribution in [0.2, 0.25) is 0 Å². The summed E-state index contributed by atoms with van der Waals surface area (Å²) >= 11 is 0. The Bertz CT molecular complexity index is 231. The first-order valence-electron chi connectivity index (χ1n) is 6.31. The molecule has 2 saturated heterocycles. The number of hydrogen-bond donors (Lipinski definition) is 0. The van der Waals surface area contributed by atoms with Crippen molar-refractivity contribution in [3.8, 4) is 0 Å². The predicted molar refractivity (Wildman–Crippen MR) is 62.4 cm³/mol. The van der Waals surface area contributed by atoms with Gasteiger partial charge in [0.25, 0.3) is 0 Å². The molecule has 4 heteroatoms. The van der Waals surface area contributed by atoms with Gasteiger partial charge in [0, 0.05) is 38.3 Å². The molecule has 2 heterocycles. The number of halogens is 1. The van der Waals surface area contributed by atoms with E-state index in [1.807, 2.05) is 0 Å². The lowest BCUT2D eigenvalue weighted by Gasteiger charge is -2.45. The Hall–Kier alpha value is -0.190. The summed E-state index contributed by atoms with van der Waals surface area (Å²) in [6, 6.07) is 0.914. The SMILES string of the molecule is CC(C)N1CCO[C@H](C(C)N2CC(F)C2)C1. The second-order valence-electron chi connectivity index (χ2n) is 5.29. The normalized spacial score (nSPS) is 31.7. The number of likely N-dealkylation sites (tertiary alicyclic amines) is 1. The Kier molecular flexibility index (Phi) is 3.82. The van der Waals surface area contributed by atoms with E-state index < -0.39 is 6.17 Å². The van der Waals surface area contributed by atoms with Crippen molar-refractivity contribution in [3.63, 3.8) is 0 Å². The van der Waals surface area contributed by atoms with Gasteiger partial charge < -0.3 is 4.74 Å². The molecule has 0 aromatic rings. The molecule has 3 nitrogen and oxygen atoms in total. The molecule has 2 fully saturated rings. The van der Waals surface area contributed by atoms with Gasteiger partial charge >= 0.3 is 0 Å². The van der Waals surface area contributed by atoms with Crippen molar-refractivity contribution in [2.24, 2.45) is 0 Å². The van der Waals surface area contributed by atoms with Gasteiger partial charge in [-0.05, 0) is 20.8 Å². The average molecular weight is 230 g/mol. The summed E-state index contributed by atoms with van der Waals surface area (Å²) in [7, 11) is 0. The molecule has 0 radical (unpaired) electrons. The van der Waals surface area contributed by atoms with Crippen LogP contribution in [0, 0.1) is 0 Å². The molecule has 0 aromatic heterocycles. The number of hydrogen-bond acceptors (Lipinski definition) is 3. The minimum atomic E-state index is -0.618.